The second-order valence-corrected chi connectivity index (χ2v) is 7.66. The minimum Gasteiger partial charge on any atom is -0.382 e. The zero-order valence-electron chi connectivity index (χ0n) is 10.9. The third kappa shape index (κ3) is 3.40. The molecule has 1 heterocycles. The van der Waals surface area contributed by atoms with Crippen LogP contribution in [-0.4, -0.2) is 30.9 Å². The second-order valence-electron chi connectivity index (χ2n) is 4.95. The molecule has 0 unspecified atom stereocenters. The number of hydrogen-bond acceptors (Lipinski definition) is 5. The number of nitrogens with zero attached hydrogens (tertiary/aromatic N) is 1. The second kappa shape index (κ2) is 5.57. The van der Waals surface area contributed by atoms with Crippen molar-refractivity contribution in [3.05, 3.63) is 32.8 Å². The van der Waals surface area contributed by atoms with Crippen LogP contribution < -0.4 is 5.32 Å². The van der Waals surface area contributed by atoms with Crippen LogP contribution in [0.25, 0.3) is 0 Å². The predicted molar refractivity (Wildman–Crippen MR) is 78.1 cm³/mol. The van der Waals surface area contributed by atoms with E-state index < -0.39 is 14.8 Å². The van der Waals surface area contributed by atoms with E-state index >= 15 is 0 Å². The van der Waals surface area contributed by atoms with Crippen LogP contribution in [0.2, 0.25) is 5.02 Å². The lowest BCUT2D eigenvalue weighted by atomic mass is 10.1. The first kappa shape index (κ1) is 15.1. The number of benzene rings is 1. The molecule has 0 radical (unpaired) electrons. The molecule has 20 heavy (non-hydrogen) atoms. The minimum atomic E-state index is -2.90. The number of sulfone groups is 1. The van der Waals surface area contributed by atoms with Crippen LogP contribution in [0.15, 0.2) is 12.1 Å². The van der Waals surface area contributed by atoms with Crippen molar-refractivity contribution in [1.82, 2.24) is 0 Å². The standard InChI is InChI=1S/C12H15ClN2O4S/c1-8-6-12(15(16)17)10(13)7-11(8)14-9-2-4-20(18,19)5-3-9/h6-7,9,14H,2-5H2,1H3. The Kier molecular flexibility index (Phi) is 4.19. The summed E-state index contributed by atoms with van der Waals surface area (Å²) in [5.74, 6) is 0.342. The fraction of sp³-hybridized carbons (Fsp3) is 0.500. The summed E-state index contributed by atoms with van der Waals surface area (Å²) in [6, 6.07) is 3.00. The van der Waals surface area contributed by atoms with Crippen LogP contribution in [0.1, 0.15) is 18.4 Å². The summed E-state index contributed by atoms with van der Waals surface area (Å²) in [5.41, 5.74) is 1.31. The highest BCUT2D eigenvalue weighted by atomic mass is 35.5. The molecule has 1 aromatic carbocycles. The van der Waals surface area contributed by atoms with E-state index in [1.165, 1.54) is 12.1 Å². The maximum Gasteiger partial charge on any atom is 0.288 e. The van der Waals surface area contributed by atoms with Crippen LogP contribution in [-0.2, 0) is 9.84 Å². The Morgan fingerprint density at radius 2 is 1.95 bits per heavy atom. The smallest absolute Gasteiger partial charge is 0.288 e. The molecule has 1 fully saturated rings. The van der Waals surface area contributed by atoms with Gasteiger partial charge in [0.2, 0.25) is 0 Å². The fourth-order valence-corrected chi connectivity index (χ4v) is 3.94. The molecular weight excluding hydrogens is 304 g/mol. The average molecular weight is 319 g/mol. The first-order valence-electron chi connectivity index (χ1n) is 6.20. The van der Waals surface area contributed by atoms with Crippen molar-refractivity contribution < 1.29 is 13.3 Å². The number of nitro groups is 1. The first-order chi connectivity index (χ1) is 9.28. The quantitative estimate of drug-likeness (QED) is 0.683. The number of aryl methyl sites for hydroxylation is 1. The highest BCUT2D eigenvalue weighted by Crippen LogP contribution is 2.31. The van der Waals surface area contributed by atoms with Gasteiger partial charge in [0.25, 0.3) is 5.69 Å². The van der Waals surface area contributed by atoms with Crippen LogP contribution in [0.3, 0.4) is 0 Å². The lowest BCUT2D eigenvalue weighted by Gasteiger charge is -2.25. The van der Waals surface area contributed by atoms with Gasteiger partial charge in [-0.25, -0.2) is 8.42 Å². The Morgan fingerprint density at radius 1 is 1.35 bits per heavy atom. The number of nitro benzene ring substituents is 1. The van der Waals surface area contributed by atoms with Crippen molar-refractivity contribution in [2.75, 3.05) is 16.8 Å². The number of rotatable bonds is 3. The summed E-state index contributed by atoms with van der Waals surface area (Å²) in [4.78, 5) is 10.3. The van der Waals surface area contributed by atoms with Crippen molar-refractivity contribution in [2.45, 2.75) is 25.8 Å². The van der Waals surface area contributed by atoms with Crippen LogP contribution >= 0.6 is 11.6 Å². The van der Waals surface area contributed by atoms with E-state index in [2.05, 4.69) is 5.32 Å². The maximum absolute atomic E-state index is 11.4. The molecule has 1 saturated heterocycles. The number of nitrogens with one attached hydrogen (secondary N) is 1. The molecule has 0 saturated carbocycles. The normalized spacial score (nSPS) is 18.7. The summed E-state index contributed by atoms with van der Waals surface area (Å²) in [6.45, 7) is 1.76. The largest absolute Gasteiger partial charge is 0.382 e. The van der Waals surface area contributed by atoms with Crippen LogP contribution in [0.5, 0.6) is 0 Å². The predicted octanol–water partition coefficient (Wildman–Crippen LogP) is 2.55. The zero-order valence-corrected chi connectivity index (χ0v) is 12.5. The van der Waals surface area contributed by atoms with Crippen LogP contribution in [0, 0.1) is 17.0 Å². The van der Waals surface area contributed by atoms with E-state index in [-0.39, 0.29) is 28.3 Å². The van der Waals surface area contributed by atoms with Gasteiger partial charge in [-0.15, -0.1) is 0 Å². The van der Waals surface area contributed by atoms with Gasteiger partial charge in [0.05, 0.1) is 16.4 Å². The Labute approximate surface area is 122 Å². The average Bonchev–Trinajstić information content (AvgIpc) is 2.35. The third-order valence-electron chi connectivity index (χ3n) is 3.40. The van der Waals surface area contributed by atoms with Gasteiger partial charge in [0, 0.05) is 17.8 Å². The highest BCUT2D eigenvalue weighted by Gasteiger charge is 2.24. The van der Waals surface area contributed by atoms with Gasteiger partial charge in [-0.05, 0) is 31.4 Å². The Hall–Kier alpha value is -1.34. The monoisotopic (exact) mass is 318 g/mol. The highest BCUT2D eigenvalue weighted by molar-refractivity contribution is 7.91. The summed E-state index contributed by atoms with van der Waals surface area (Å²) < 4.78 is 22.7. The molecule has 1 aliphatic rings. The number of halogens is 1. The van der Waals surface area contributed by atoms with E-state index in [1.54, 1.807) is 6.92 Å². The molecule has 0 atom stereocenters. The van der Waals surface area contributed by atoms with Gasteiger partial charge in [-0.1, -0.05) is 11.6 Å². The minimum absolute atomic E-state index is 0.0507. The van der Waals surface area contributed by atoms with Crippen molar-refractivity contribution in [3.8, 4) is 0 Å². The van der Waals surface area contributed by atoms with Gasteiger partial charge in [-0.2, -0.15) is 0 Å². The van der Waals surface area contributed by atoms with Gasteiger partial charge in [0.15, 0.2) is 0 Å². The molecule has 110 valence electrons. The van der Waals surface area contributed by atoms with Gasteiger partial charge in [0.1, 0.15) is 14.9 Å². The number of anilines is 1. The molecule has 6 nitrogen and oxygen atoms in total. The molecule has 1 N–H and O–H groups in total. The molecule has 0 amide bonds. The summed E-state index contributed by atoms with van der Waals surface area (Å²) in [7, 11) is -2.90. The van der Waals surface area contributed by atoms with E-state index in [1.807, 2.05) is 0 Å². The van der Waals surface area contributed by atoms with Crippen molar-refractivity contribution in [2.24, 2.45) is 0 Å². The Morgan fingerprint density at radius 3 is 2.50 bits per heavy atom. The van der Waals surface area contributed by atoms with E-state index in [9.17, 15) is 18.5 Å². The Bertz CT molecular complexity index is 631. The zero-order chi connectivity index (χ0) is 14.9. The van der Waals surface area contributed by atoms with Crippen LogP contribution in [0.4, 0.5) is 11.4 Å². The SMILES string of the molecule is Cc1cc([N+](=O)[O-])c(Cl)cc1NC1CCS(=O)(=O)CC1. The van der Waals surface area contributed by atoms with E-state index in [0.29, 0.717) is 18.5 Å². The fourth-order valence-electron chi connectivity index (χ4n) is 2.22. The van der Waals surface area contributed by atoms with Gasteiger partial charge >= 0.3 is 0 Å². The maximum atomic E-state index is 11.4. The van der Waals surface area contributed by atoms with Crippen molar-refractivity contribution in [1.29, 1.82) is 0 Å². The summed E-state index contributed by atoms with van der Waals surface area (Å²) >= 11 is 5.88. The molecule has 1 aromatic rings. The molecule has 0 bridgehead atoms. The van der Waals surface area contributed by atoms with Gasteiger partial charge in [-0.3, -0.25) is 10.1 Å². The lowest BCUT2D eigenvalue weighted by Crippen LogP contribution is -2.32. The molecule has 1 aliphatic heterocycles. The Balaban J connectivity index is 2.15. The molecule has 0 spiro atoms. The van der Waals surface area contributed by atoms with Crippen molar-refractivity contribution in [3.63, 3.8) is 0 Å². The van der Waals surface area contributed by atoms with E-state index in [0.717, 1.165) is 5.56 Å². The third-order valence-corrected chi connectivity index (χ3v) is 5.42. The molecule has 0 aliphatic carbocycles. The topological polar surface area (TPSA) is 89.3 Å². The molecule has 0 aromatic heterocycles. The number of hydrogen-bond donors (Lipinski definition) is 1. The molecule has 2 rings (SSSR count). The summed E-state index contributed by atoms with van der Waals surface area (Å²) in [6.07, 6.45) is 1.08. The lowest BCUT2D eigenvalue weighted by molar-refractivity contribution is -0.384. The molecular formula is C12H15ClN2O4S. The van der Waals surface area contributed by atoms with Gasteiger partial charge < -0.3 is 5.32 Å². The van der Waals surface area contributed by atoms with E-state index in [4.69, 9.17) is 11.6 Å². The van der Waals surface area contributed by atoms with Crippen molar-refractivity contribution >= 4 is 32.8 Å². The molecule has 8 heteroatoms. The first-order valence-corrected chi connectivity index (χ1v) is 8.40. The summed E-state index contributed by atoms with van der Waals surface area (Å²) in [5, 5.41) is 14.1.